The van der Waals surface area contributed by atoms with Crippen LogP contribution >= 0.6 is 38.9 Å². The maximum atomic E-state index is 5.77. The highest BCUT2D eigenvalue weighted by atomic mass is 79.9. The summed E-state index contributed by atoms with van der Waals surface area (Å²) in [6, 6.07) is 1.86. The Bertz CT molecular complexity index is 359. The van der Waals surface area contributed by atoms with E-state index in [1.165, 1.54) is 11.3 Å². The van der Waals surface area contributed by atoms with Crippen molar-refractivity contribution in [3.63, 3.8) is 0 Å². The first-order chi connectivity index (χ1) is 5.75. The van der Waals surface area contributed by atoms with Crippen LogP contribution in [0.5, 0.6) is 0 Å². The summed E-state index contributed by atoms with van der Waals surface area (Å²) in [5.74, 6) is 0. The minimum absolute atomic E-state index is 0.486. The molecule has 0 saturated heterocycles. The summed E-state index contributed by atoms with van der Waals surface area (Å²) in [6.45, 7) is 0. The number of halogens is 2. The minimum Gasteiger partial charge on any atom is -0.439 e. The van der Waals surface area contributed by atoms with Crippen molar-refractivity contribution in [1.82, 2.24) is 4.98 Å². The molecule has 0 spiro atoms. The Hall–Kier alpha value is -0.320. The number of aromatic nitrogens is 1. The molecule has 0 atom stereocenters. The van der Waals surface area contributed by atoms with Gasteiger partial charge in [-0.1, -0.05) is 11.6 Å². The second kappa shape index (κ2) is 3.20. The normalized spacial score (nSPS) is 10.5. The van der Waals surface area contributed by atoms with Crippen LogP contribution in [0, 0.1) is 0 Å². The Kier molecular flexibility index (Phi) is 2.21. The van der Waals surface area contributed by atoms with E-state index in [1.807, 2.05) is 11.4 Å². The first kappa shape index (κ1) is 8.29. The molecule has 0 bridgehead atoms. The number of hydrogen-bond acceptors (Lipinski definition) is 3. The van der Waals surface area contributed by atoms with Crippen molar-refractivity contribution in [2.75, 3.05) is 0 Å². The van der Waals surface area contributed by atoms with E-state index >= 15 is 0 Å². The fourth-order valence-corrected chi connectivity index (χ4v) is 1.99. The van der Waals surface area contributed by atoms with Crippen LogP contribution in [0.1, 0.15) is 0 Å². The molecule has 5 heteroatoms. The summed E-state index contributed by atoms with van der Waals surface area (Å²) in [5.41, 5.74) is 1.78. The van der Waals surface area contributed by atoms with E-state index in [9.17, 15) is 0 Å². The standard InChI is InChI=1S/C7H3BrClNOS/c8-7-10-5(2-11-7)4-1-6(9)12-3-4/h1-3H. The predicted octanol–water partition coefficient (Wildman–Crippen LogP) is 3.82. The number of hydrogen-bond donors (Lipinski definition) is 0. The molecule has 12 heavy (non-hydrogen) atoms. The van der Waals surface area contributed by atoms with Crippen molar-refractivity contribution in [1.29, 1.82) is 0 Å². The van der Waals surface area contributed by atoms with E-state index < -0.39 is 0 Å². The van der Waals surface area contributed by atoms with Gasteiger partial charge in [0.15, 0.2) is 0 Å². The molecule has 0 unspecified atom stereocenters. The number of rotatable bonds is 1. The Morgan fingerprint density at radius 2 is 2.42 bits per heavy atom. The van der Waals surface area contributed by atoms with Gasteiger partial charge >= 0.3 is 0 Å². The molecule has 0 radical (unpaired) electrons. The van der Waals surface area contributed by atoms with Gasteiger partial charge in [-0.15, -0.1) is 11.3 Å². The zero-order valence-corrected chi connectivity index (χ0v) is 8.91. The molecule has 2 heterocycles. The van der Waals surface area contributed by atoms with Gasteiger partial charge in [0.2, 0.25) is 0 Å². The van der Waals surface area contributed by atoms with Crippen molar-refractivity contribution in [3.8, 4) is 11.3 Å². The number of oxazole rings is 1. The summed E-state index contributed by atoms with van der Waals surface area (Å²) in [7, 11) is 0. The molecule has 0 fully saturated rings. The second-order valence-electron chi connectivity index (χ2n) is 2.13. The lowest BCUT2D eigenvalue weighted by molar-refractivity contribution is 0.529. The molecule has 0 aliphatic carbocycles. The van der Waals surface area contributed by atoms with E-state index in [2.05, 4.69) is 20.9 Å². The van der Waals surface area contributed by atoms with Gasteiger partial charge in [0.25, 0.3) is 4.80 Å². The third-order valence-electron chi connectivity index (χ3n) is 1.34. The minimum atomic E-state index is 0.486. The highest BCUT2D eigenvalue weighted by Crippen LogP contribution is 2.28. The molecular formula is C7H3BrClNOS. The van der Waals surface area contributed by atoms with E-state index in [0.717, 1.165) is 15.6 Å². The van der Waals surface area contributed by atoms with Gasteiger partial charge in [0.1, 0.15) is 12.0 Å². The van der Waals surface area contributed by atoms with Gasteiger partial charge in [-0.25, -0.2) is 4.98 Å². The fraction of sp³-hybridized carbons (Fsp3) is 0. The molecule has 2 rings (SSSR count). The average Bonchev–Trinajstić information content (AvgIpc) is 2.58. The van der Waals surface area contributed by atoms with E-state index in [-0.39, 0.29) is 0 Å². The quantitative estimate of drug-likeness (QED) is 0.782. The predicted molar refractivity (Wildman–Crippen MR) is 52.5 cm³/mol. The van der Waals surface area contributed by atoms with Crippen LogP contribution in [0.3, 0.4) is 0 Å². The van der Waals surface area contributed by atoms with Crippen molar-refractivity contribution < 1.29 is 4.42 Å². The topological polar surface area (TPSA) is 26.0 Å². The highest BCUT2D eigenvalue weighted by Gasteiger charge is 2.05. The van der Waals surface area contributed by atoms with Crippen LogP contribution in [0.2, 0.25) is 4.34 Å². The maximum Gasteiger partial charge on any atom is 0.264 e. The summed E-state index contributed by atoms with van der Waals surface area (Å²) in [6.07, 6.45) is 1.59. The third kappa shape index (κ3) is 1.55. The lowest BCUT2D eigenvalue weighted by atomic mass is 10.3. The molecule has 2 nitrogen and oxygen atoms in total. The van der Waals surface area contributed by atoms with Crippen LogP contribution in [0.25, 0.3) is 11.3 Å². The van der Waals surface area contributed by atoms with Crippen LogP contribution in [-0.4, -0.2) is 4.98 Å². The molecule has 0 aromatic carbocycles. The molecule has 0 aliphatic heterocycles. The molecule has 0 N–H and O–H groups in total. The van der Waals surface area contributed by atoms with E-state index in [0.29, 0.717) is 4.80 Å². The summed E-state index contributed by atoms with van der Waals surface area (Å²) >= 11 is 10.4. The van der Waals surface area contributed by atoms with Gasteiger partial charge in [-0.2, -0.15) is 0 Å². The number of nitrogens with zero attached hydrogens (tertiary/aromatic N) is 1. The first-order valence-corrected chi connectivity index (χ1v) is 5.16. The first-order valence-electron chi connectivity index (χ1n) is 3.11. The Labute approximate surface area is 86.3 Å². The van der Waals surface area contributed by atoms with Gasteiger partial charge in [0, 0.05) is 26.9 Å². The van der Waals surface area contributed by atoms with Crippen molar-refractivity contribution in [3.05, 3.63) is 26.8 Å². The average molecular weight is 265 g/mol. The SMILES string of the molecule is Clc1cc(-c2coc(Br)n2)cs1. The summed E-state index contributed by atoms with van der Waals surface area (Å²) in [5, 5.41) is 1.94. The molecular weight excluding hydrogens is 262 g/mol. The van der Waals surface area contributed by atoms with Crippen molar-refractivity contribution in [2.24, 2.45) is 0 Å². The maximum absolute atomic E-state index is 5.77. The summed E-state index contributed by atoms with van der Waals surface area (Å²) < 4.78 is 5.75. The molecule has 0 saturated carbocycles. The van der Waals surface area contributed by atoms with Gasteiger partial charge in [-0.05, 0) is 6.07 Å². The lowest BCUT2D eigenvalue weighted by Crippen LogP contribution is -1.69. The van der Waals surface area contributed by atoms with Crippen LogP contribution in [0.4, 0.5) is 0 Å². The lowest BCUT2D eigenvalue weighted by Gasteiger charge is -1.83. The molecule has 2 aromatic heterocycles. The molecule has 0 aliphatic rings. The molecule has 0 amide bonds. The Morgan fingerprint density at radius 3 is 2.92 bits per heavy atom. The van der Waals surface area contributed by atoms with Crippen LogP contribution in [0.15, 0.2) is 26.9 Å². The van der Waals surface area contributed by atoms with Crippen molar-refractivity contribution in [2.45, 2.75) is 0 Å². The second-order valence-corrected chi connectivity index (χ2v) is 4.35. The largest absolute Gasteiger partial charge is 0.439 e. The summed E-state index contributed by atoms with van der Waals surface area (Å²) in [4.78, 5) is 4.58. The smallest absolute Gasteiger partial charge is 0.264 e. The van der Waals surface area contributed by atoms with Gasteiger partial charge in [-0.3, -0.25) is 0 Å². The molecule has 2 aromatic rings. The number of thiophene rings is 1. The van der Waals surface area contributed by atoms with Crippen LogP contribution in [-0.2, 0) is 0 Å². The Morgan fingerprint density at radius 1 is 1.58 bits per heavy atom. The zero-order chi connectivity index (χ0) is 8.55. The van der Waals surface area contributed by atoms with Crippen molar-refractivity contribution >= 4 is 38.9 Å². The monoisotopic (exact) mass is 263 g/mol. The third-order valence-corrected chi connectivity index (χ3v) is 2.79. The molecule has 62 valence electrons. The fourth-order valence-electron chi connectivity index (χ4n) is 0.829. The van der Waals surface area contributed by atoms with E-state index in [4.69, 9.17) is 16.0 Å². The Balaban J connectivity index is 2.43. The van der Waals surface area contributed by atoms with Gasteiger partial charge < -0.3 is 4.42 Å². The highest BCUT2D eigenvalue weighted by molar-refractivity contribution is 9.10. The van der Waals surface area contributed by atoms with Gasteiger partial charge in [0.05, 0.1) is 4.34 Å². The zero-order valence-electron chi connectivity index (χ0n) is 5.75. The van der Waals surface area contributed by atoms with Crippen LogP contribution < -0.4 is 0 Å². The van der Waals surface area contributed by atoms with E-state index in [1.54, 1.807) is 6.26 Å².